The second kappa shape index (κ2) is 6.81. The van der Waals surface area contributed by atoms with Crippen LogP contribution in [0.5, 0.6) is 0 Å². The van der Waals surface area contributed by atoms with Crippen LogP contribution in [-0.4, -0.2) is 28.0 Å². The Kier molecular flexibility index (Phi) is 8.43. The molecule has 0 saturated carbocycles. The van der Waals surface area contributed by atoms with Crippen LogP contribution in [0.2, 0.25) is 0 Å². The van der Waals surface area contributed by atoms with E-state index < -0.39 is 0 Å². The molecule has 0 aliphatic heterocycles. The van der Waals surface area contributed by atoms with E-state index in [0.29, 0.717) is 5.69 Å². The number of pyridine rings is 1. The van der Waals surface area contributed by atoms with Crippen LogP contribution in [-0.2, 0) is 0 Å². The predicted molar refractivity (Wildman–Crippen MR) is 33.5 cm³/mol. The summed E-state index contributed by atoms with van der Waals surface area (Å²) >= 11 is 0. The van der Waals surface area contributed by atoms with Gasteiger partial charge in [-0.25, -0.2) is 12.1 Å². The summed E-state index contributed by atoms with van der Waals surface area (Å²) in [6.45, 7) is 0. The molecule has 0 aliphatic carbocycles. The van der Waals surface area contributed by atoms with E-state index in [0.717, 1.165) is 0 Å². The van der Waals surface area contributed by atoms with Crippen LogP contribution in [0.15, 0.2) is 18.3 Å². The van der Waals surface area contributed by atoms with E-state index in [1.807, 2.05) is 6.07 Å². The minimum absolute atomic E-state index is 0. The van der Waals surface area contributed by atoms with E-state index in [4.69, 9.17) is 5.26 Å². The number of hydrogen-bond acceptors (Lipinski definition) is 2. The Balaban J connectivity index is 0. The minimum Gasteiger partial charge on any atom is -1.00 e. The van der Waals surface area contributed by atoms with Gasteiger partial charge in [0.25, 0.3) is 0 Å². The summed E-state index contributed by atoms with van der Waals surface area (Å²) in [5.74, 6) is 0. The fraction of sp³-hybridized carbons (Fsp3) is 0. The van der Waals surface area contributed by atoms with Gasteiger partial charge in [-0.1, -0.05) is 6.20 Å². The Labute approximate surface area is 81.8 Å². The molecule has 0 saturated heterocycles. The van der Waals surface area contributed by atoms with Crippen molar-refractivity contribution in [2.24, 2.45) is 0 Å². The van der Waals surface area contributed by atoms with E-state index in [-0.39, 0.29) is 35.5 Å². The molecule has 1 rings (SSSR count). The standard InChI is InChI=1S/C6H3N2.ClH.Mg/c7-5-6-3-1-2-4-8-6;;/h1,3-4H;1H;/q-1;;+2/p-1. The quantitative estimate of drug-likeness (QED) is 0.310. The molecule has 0 N–H and O–H groups in total. The predicted octanol–water partition coefficient (Wildman–Crippen LogP) is -2.62. The molecule has 46 valence electrons. The van der Waals surface area contributed by atoms with Gasteiger partial charge in [-0.3, -0.25) is 4.98 Å². The van der Waals surface area contributed by atoms with Crippen LogP contribution in [0.4, 0.5) is 0 Å². The van der Waals surface area contributed by atoms with Gasteiger partial charge >= 0.3 is 23.1 Å². The number of hydrogen-bond donors (Lipinski definition) is 0. The van der Waals surface area contributed by atoms with Crippen molar-refractivity contribution in [2.75, 3.05) is 0 Å². The first-order valence-electron chi connectivity index (χ1n) is 2.15. The molecule has 0 bridgehead atoms. The van der Waals surface area contributed by atoms with Crippen LogP contribution in [0.25, 0.3) is 0 Å². The molecule has 0 aromatic carbocycles. The minimum atomic E-state index is 0. The molecule has 0 amide bonds. The van der Waals surface area contributed by atoms with Gasteiger partial charge in [-0.15, -0.1) is 0 Å². The normalized spacial score (nSPS) is 6.30. The van der Waals surface area contributed by atoms with E-state index in [1.54, 1.807) is 12.1 Å². The van der Waals surface area contributed by atoms with Gasteiger partial charge in [-0.05, 0) is 0 Å². The topological polar surface area (TPSA) is 36.7 Å². The zero-order valence-electron chi connectivity index (χ0n) is 5.21. The third kappa shape index (κ3) is 3.67. The molecule has 1 heterocycles. The van der Waals surface area contributed by atoms with Gasteiger partial charge in [0.15, 0.2) is 0 Å². The van der Waals surface area contributed by atoms with Crippen molar-refractivity contribution in [3.63, 3.8) is 0 Å². The largest absolute Gasteiger partial charge is 2.00 e. The van der Waals surface area contributed by atoms with Gasteiger partial charge in [0, 0.05) is 0 Å². The van der Waals surface area contributed by atoms with Crippen molar-refractivity contribution in [2.45, 2.75) is 0 Å². The second-order valence-electron chi connectivity index (χ2n) is 1.26. The van der Waals surface area contributed by atoms with Crippen molar-refractivity contribution >= 4 is 23.1 Å². The van der Waals surface area contributed by atoms with Gasteiger partial charge in [0.05, 0.1) is 11.8 Å². The molecule has 1 aromatic heterocycles. The monoisotopic (exact) mass is 162 g/mol. The van der Waals surface area contributed by atoms with E-state index in [9.17, 15) is 0 Å². The Morgan fingerprint density at radius 2 is 2.30 bits per heavy atom. The van der Waals surface area contributed by atoms with Crippen molar-refractivity contribution in [1.82, 2.24) is 4.98 Å². The van der Waals surface area contributed by atoms with Crippen LogP contribution in [0.3, 0.4) is 0 Å². The Hall–Kier alpha value is -0.304. The van der Waals surface area contributed by atoms with Crippen molar-refractivity contribution in [1.29, 1.82) is 5.26 Å². The summed E-state index contributed by atoms with van der Waals surface area (Å²) in [4.78, 5) is 3.68. The third-order valence-corrected chi connectivity index (χ3v) is 0.730. The molecule has 0 atom stereocenters. The van der Waals surface area contributed by atoms with Crippen LogP contribution < -0.4 is 12.4 Å². The molecule has 4 heteroatoms. The van der Waals surface area contributed by atoms with Gasteiger partial charge < -0.3 is 12.4 Å². The molecule has 0 radical (unpaired) electrons. The number of halogens is 1. The van der Waals surface area contributed by atoms with Gasteiger partial charge in [0.1, 0.15) is 0 Å². The summed E-state index contributed by atoms with van der Waals surface area (Å²) < 4.78 is 0. The zero-order chi connectivity index (χ0) is 5.82. The van der Waals surface area contributed by atoms with Crippen molar-refractivity contribution in [3.05, 3.63) is 30.1 Å². The average Bonchev–Trinajstić information content (AvgIpc) is 1.90. The molecule has 0 aliphatic rings. The first-order chi connectivity index (χ1) is 3.93. The van der Waals surface area contributed by atoms with Crippen molar-refractivity contribution in [3.8, 4) is 6.07 Å². The number of rotatable bonds is 0. The van der Waals surface area contributed by atoms with Gasteiger partial charge in [-0.2, -0.15) is 11.3 Å². The van der Waals surface area contributed by atoms with Crippen LogP contribution >= 0.6 is 0 Å². The Morgan fingerprint density at radius 1 is 1.60 bits per heavy atom. The van der Waals surface area contributed by atoms with Gasteiger partial charge in [0.2, 0.25) is 0 Å². The summed E-state index contributed by atoms with van der Waals surface area (Å²) in [7, 11) is 0. The fourth-order valence-corrected chi connectivity index (χ4v) is 0.386. The van der Waals surface area contributed by atoms with E-state index in [1.165, 1.54) is 6.20 Å². The maximum absolute atomic E-state index is 8.21. The van der Waals surface area contributed by atoms with Crippen LogP contribution in [0.1, 0.15) is 5.69 Å². The Bertz CT molecular complexity index is 207. The molecule has 1 aromatic rings. The summed E-state index contributed by atoms with van der Waals surface area (Å²) in [6, 6.07) is 7.87. The third-order valence-electron chi connectivity index (χ3n) is 0.730. The number of aromatic nitrogens is 1. The molecule has 2 nitrogen and oxygen atoms in total. The molecule has 10 heavy (non-hydrogen) atoms. The first-order valence-corrected chi connectivity index (χ1v) is 2.15. The van der Waals surface area contributed by atoms with Crippen molar-refractivity contribution < 1.29 is 12.4 Å². The smallest absolute Gasteiger partial charge is 1.00 e. The molecule has 0 spiro atoms. The second-order valence-corrected chi connectivity index (χ2v) is 1.26. The Morgan fingerprint density at radius 3 is 2.60 bits per heavy atom. The molecule has 0 fully saturated rings. The average molecular weight is 163 g/mol. The number of nitrogens with zero attached hydrogens (tertiary/aromatic N) is 2. The van der Waals surface area contributed by atoms with Crippen LogP contribution in [0, 0.1) is 17.4 Å². The molecular formula is C6H3ClMgN2. The zero-order valence-corrected chi connectivity index (χ0v) is 7.38. The summed E-state index contributed by atoms with van der Waals surface area (Å²) in [5.41, 5.74) is 0.434. The maximum atomic E-state index is 8.21. The first kappa shape index (κ1) is 12.4. The van der Waals surface area contributed by atoms with E-state index >= 15 is 0 Å². The maximum Gasteiger partial charge on any atom is 2.00 e. The fourth-order valence-electron chi connectivity index (χ4n) is 0.386. The molecule has 0 unspecified atom stereocenters. The van der Waals surface area contributed by atoms with E-state index in [2.05, 4.69) is 11.1 Å². The SMILES string of the molecule is N#Cc1cc[c-]cn1.[Cl-].[Mg+2]. The number of nitriles is 1. The summed E-state index contributed by atoms with van der Waals surface area (Å²) in [5, 5.41) is 8.21. The summed E-state index contributed by atoms with van der Waals surface area (Å²) in [6.07, 6.45) is 1.47. The molecular weight excluding hydrogens is 160 g/mol.